The molecule has 4 heterocycles. The lowest BCUT2D eigenvalue weighted by atomic mass is 9.67. The van der Waals surface area contributed by atoms with Crippen molar-refractivity contribution in [2.75, 3.05) is 48.3 Å². The molecule has 11 nitrogen and oxygen atoms in total. The van der Waals surface area contributed by atoms with E-state index in [2.05, 4.69) is 0 Å². The Bertz CT molecular complexity index is 2170. The highest BCUT2D eigenvalue weighted by atomic mass is 19.4. The molecule has 0 radical (unpaired) electrons. The van der Waals surface area contributed by atoms with Crippen molar-refractivity contribution in [3.05, 3.63) is 47.5 Å². The lowest BCUT2D eigenvalue weighted by Crippen LogP contribution is -2.74. The van der Waals surface area contributed by atoms with E-state index in [1.807, 2.05) is 0 Å². The van der Waals surface area contributed by atoms with Crippen LogP contribution in [0, 0.1) is 23.7 Å². The van der Waals surface area contributed by atoms with Crippen molar-refractivity contribution < 1.29 is 122 Å². The van der Waals surface area contributed by atoms with Crippen molar-refractivity contribution in [3.63, 3.8) is 0 Å². The largest absolute Gasteiger partial charge is 0.497 e. The maximum Gasteiger partial charge on any atom is 0.460 e. The molecule has 0 unspecified atom stereocenters. The molecular formula is C39H34F17NO10. The second kappa shape index (κ2) is 16.5. The van der Waals surface area contributed by atoms with Crippen LogP contribution in [0.25, 0.3) is 0 Å². The van der Waals surface area contributed by atoms with Gasteiger partial charge >= 0.3 is 65.5 Å². The Labute approximate surface area is 365 Å². The van der Waals surface area contributed by atoms with Crippen LogP contribution in [0.15, 0.2) is 36.4 Å². The number of hydrogen-bond donors (Lipinski definition) is 0. The Morgan fingerprint density at radius 3 is 1.36 bits per heavy atom. The highest BCUT2D eigenvalue weighted by molar-refractivity contribution is 5.96. The van der Waals surface area contributed by atoms with E-state index in [4.69, 9.17) is 33.2 Å². The third-order valence-corrected chi connectivity index (χ3v) is 12.5. The van der Waals surface area contributed by atoms with Gasteiger partial charge in [-0.05, 0) is 42.8 Å². The van der Waals surface area contributed by atoms with Gasteiger partial charge in [0.2, 0.25) is 0 Å². The number of hydrogen-bond acceptors (Lipinski definition) is 11. The van der Waals surface area contributed by atoms with Crippen LogP contribution in [0.5, 0.6) is 23.0 Å². The fraction of sp³-hybridized carbons (Fsp3) is 0.615. The highest BCUT2D eigenvalue weighted by Crippen LogP contribution is 2.70. The highest BCUT2D eigenvalue weighted by Gasteiger charge is 2.95. The molecule has 2 aromatic carbocycles. The lowest BCUT2D eigenvalue weighted by Gasteiger charge is -2.42. The average molecular weight is 1000 g/mol. The summed E-state index contributed by atoms with van der Waals surface area (Å²) in [6.45, 7) is -2.50. The maximum absolute atomic E-state index is 15.0. The molecule has 6 atom stereocenters. The summed E-state index contributed by atoms with van der Waals surface area (Å²) in [7, 11) is 4.32. The minimum Gasteiger partial charge on any atom is -0.497 e. The van der Waals surface area contributed by atoms with E-state index in [9.17, 15) is 89.0 Å². The summed E-state index contributed by atoms with van der Waals surface area (Å²) in [6.07, 6.45) is -12.7. The smallest absolute Gasteiger partial charge is 0.460 e. The second-order valence-corrected chi connectivity index (χ2v) is 15.8. The van der Waals surface area contributed by atoms with Crippen LogP contribution in [0.4, 0.5) is 74.6 Å². The molecule has 0 spiro atoms. The van der Waals surface area contributed by atoms with Crippen LogP contribution in [0.1, 0.15) is 36.1 Å². The number of alkyl halides is 17. The Kier molecular flexibility index (Phi) is 12.6. The molecule has 2 aromatic rings. The zero-order valence-corrected chi connectivity index (χ0v) is 34.4. The van der Waals surface area contributed by atoms with Crippen LogP contribution in [0.3, 0.4) is 0 Å². The van der Waals surface area contributed by atoms with Gasteiger partial charge in [0.25, 0.3) is 0 Å². The molecule has 2 fully saturated rings. The summed E-state index contributed by atoms with van der Waals surface area (Å²) in [5.41, 5.74) is -2.27. The molecule has 4 aliphatic rings. The second-order valence-electron chi connectivity index (χ2n) is 15.8. The first kappa shape index (κ1) is 51.2. The van der Waals surface area contributed by atoms with E-state index < -0.39 is 139 Å². The molecule has 0 aliphatic carbocycles. The first-order chi connectivity index (χ1) is 30.8. The number of benzene rings is 2. The third-order valence-electron chi connectivity index (χ3n) is 12.5. The van der Waals surface area contributed by atoms with Crippen molar-refractivity contribution >= 4 is 17.9 Å². The van der Waals surface area contributed by atoms with Crippen LogP contribution in [-0.2, 0) is 28.6 Å². The molecule has 28 heteroatoms. The number of methoxy groups -OCH3 is 4. The summed E-state index contributed by atoms with van der Waals surface area (Å²) in [5, 5.41) is 0. The molecular weight excluding hydrogens is 965 g/mol. The molecule has 0 amide bonds. The fourth-order valence-corrected chi connectivity index (χ4v) is 9.37. The molecule has 0 aromatic heterocycles. The zero-order chi connectivity index (χ0) is 50.5. The van der Waals surface area contributed by atoms with Crippen molar-refractivity contribution in [3.8, 4) is 23.0 Å². The number of carbonyl (C=O) groups excluding carboxylic acids is 3. The summed E-state index contributed by atoms with van der Waals surface area (Å²) in [4.78, 5) is 44.5. The van der Waals surface area contributed by atoms with Crippen molar-refractivity contribution in [2.24, 2.45) is 23.7 Å². The molecule has 4 aliphatic heterocycles. The van der Waals surface area contributed by atoms with Gasteiger partial charge < -0.3 is 33.2 Å². The Hall–Kier alpha value is -5.18. The van der Waals surface area contributed by atoms with Crippen LogP contribution in [0.2, 0.25) is 0 Å². The van der Waals surface area contributed by atoms with Crippen LogP contribution in [-0.4, -0.2) is 124 Å². The van der Waals surface area contributed by atoms with E-state index in [1.54, 1.807) is 0 Å². The minimum absolute atomic E-state index is 0.159. The molecule has 0 N–H and O–H groups in total. The number of carbonyl (C=O) groups is 3. The standard InChI is InChI=1S/C39H34F17NO10/c1-61-16-6-8-22-18(12-16)26-20(14-66-22)24(28(58)63-3)32(25(29(59)64-4)21-15-67-23-9-7-17(62-2)13-19(23)27(21)57(26)32)30(60)65-11-5-10-31(40,41)33(42,43)34(44,45)35(46,47)36(48,49)37(50,51)38(52,53)39(54,55)56/h6-9,12-13,20-21,24-27H,5,10-11,14-15H2,1-4H3/t20-,21-,24+,25+,26-,27-/m1/s1. The van der Waals surface area contributed by atoms with E-state index in [-0.39, 0.29) is 34.1 Å². The van der Waals surface area contributed by atoms with E-state index >= 15 is 0 Å². The van der Waals surface area contributed by atoms with Crippen molar-refractivity contribution in [1.82, 2.24) is 4.90 Å². The monoisotopic (exact) mass is 999 g/mol. The molecule has 374 valence electrons. The first-order valence-corrected chi connectivity index (χ1v) is 19.2. The zero-order valence-electron chi connectivity index (χ0n) is 34.4. The Morgan fingerprint density at radius 2 is 0.985 bits per heavy atom. The molecule has 2 saturated heterocycles. The first-order valence-electron chi connectivity index (χ1n) is 19.2. The lowest BCUT2D eigenvalue weighted by molar-refractivity contribution is -0.461. The van der Waals surface area contributed by atoms with E-state index in [0.717, 1.165) is 14.2 Å². The van der Waals surface area contributed by atoms with Gasteiger partial charge in [-0.15, -0.1) is 0 Å². The van der Waals surface area contributed by atoms with E-state index in [0.29, 0.717) is 0 Å². The van der Waals surface area contributed by atoms with Crippen LogP contribution < -0.4 is 18.9 Å². The van der Waals surface area contributed by atoms with Gasteiger partial charge in [-0.2, -0.15) is 74.6 Å². The predicted molar refractivity (Wildman–Crippen MR) is 186 cm³/mol. The fourth-order valence-electron chi connectivity index (χ4n) is 9.37. The third kappa shape index (κ3) is 6.96. The van der Waals surface area contributed by atoms with Gasteiger partial charge in [0.1, 0.15) is 28.5 Å². The summed E-state index contributed by atoms with van der Waals surface area (Å²) >= 11 is 0. The normalized spacial score (nSPS) is 25.6. The summed E-state index contributed by atoms with van der Waals surface area (Å²) in [5.74, 6) is -67.5. The van der Waals surface area contributed by atoms with Crippen LogP contribution >= 0.6 is 0 Å². The van der Waals surface area contributed by atoms with Crippen molar-refractivity contribution in [1.29, 1.82) is 0 Å². The number of nitrogens with zero attached hydrogens (tertiary/aromatic N) is 1. The molecule has 6 rings (SSSR count). The number of halogens is 17. The molecule has 0 saturated carbocycles. The van der Waals surface area contributed by atoms with E-state index in [1.165, 1.54) is 55.5 Å². The van der Waals surface area contributed by atoms with Gasteiger partial charge in [0, 0.05) is 41.5 Å². The maximum atomic E-state index is 15.0. The number of fused-ring (bicyclic) bond motifs is 9. The van der Waals surface area contributed by atoms with Gasteiger partial charge in [-0.25, -0.2) is 4.79 Å². The number of esters is 3. The summed E-state index contributed by atoms with van der Waals surface area (Å²) in [6, 6.07) is 6.41. The number of ether oxygens (including phenoxy) is 7. The van der Waals surface area contributed by atoms with Gasteiger partial charge in [0.05, 0.1) is 60.1 Å². The van der Waals surface area contributed by atoms with Gasteiger partial charge in [-0.3, -0.25) is 14.5 Å². The SMILES string of the molecule is COC(=O)[C@@H]1[C@H]2COc3ccc(OC)cc3[C@H]2N2[C@@H]3c4cc(OC)ccc4OC[C@@H]3[C@@H](C(=O)OC)C12C(=O)OCCCC(F)(F)C(F)(F)C(F)(F)C(F)(F)C(F)(F)C(F)(F)C(F)(F)C(F)(F)F. The van der Waals surface area contributed by atoms with Gasteiger partial charge in [0.15, 0.2) is 0 Å². The Balaban J connectivity index is 1.40. The Morgan fingerprint density at radius 1 is 0.597 bits per heavy atom. The minimum atomic E-state index is -8.81. The predicted octanol–water partition coefficient (Wildman–Crippen LogP) is 8.48. The average Bonchev–Trinajstić information content (AvgIpc) is 3.74. The molecule has 0 bridgehead atoms. The topological polar surface area (TPSA) is 119 Å². The van der Waals surface area contributed by atoms with Crippen molar-refractivity contribution in [2.45, 2.75) is 78.1 Å². The quantitative estimate of drug-likeness (QED) is 0.0740. The molecule has 67 heavy (non-hydrogen) atoms. The number of rotatable bonds is 15. The van der Waals surface area contributed by atoms with Gasteiger partial charge in [-0.1, -0.05) is 0 Å². The summed E-state index contributed by atoms with van der Waals surface area (Å²) < 4.78 is 275.